The summed E-state index contributed by atoms with van der Waals surface area (Å²) in [5.41, 5.74) is 3.61. The largest absolute Gasteiger partial charge is 0.497 e. The number of benzene rings is 5. The predicted octanol–water partition coefficient (Wildman–Crippen LogP) is 7.45. The van der Waals surface area contributed by atoms with Crippen LogP contribution in [0.5, 0.6) is 17.2 Å². The van der Waals surface area contributed by atoms with Gasteiger partial charge in [-0.25, -0.2) is 9.79 Å². The van der Waals surface area contributed by atoms with Crippen LogP contribution in [-0.2, 0) is 16.1 Å². The summed E-state index contributed by atoms with van der Waals surface area (Å²) < 4.78 is 25.9. The van der Waals surface area contributed by atoms with E-state index in [0.29, 0.717) is 54.5 Å². The minimum Gasteiger partial charge on any atom is -0.497 e. The zero-order valence-electron chi connectivity index (χ0n) is 28.1. The molecule has 1 aliphatic rings. The molecule has 7 rings (SSSR count). The maximum atomic E-state index is 14.4. The highest BCUT2D eigenvalue weighted by molar-refractivity contribution is 9.10. The lowest BCUT2D eigenvalue weighted by atomic mass is 9.93. The summed E-state index contributed by atoms with van der Waals surface area (Å²) in [6.07, 6.45) is 1.80. The van der Waals surface area contributed by atoms with E-state index in [1.807, 2.05) is 91.0 Å². The number of rotatable bonds is 10. The Balaban J connectivity index is 1.34. The number of thiazole rings is 1. The molecule has 0 saturated heterocycles. The second-order valence-electron chi connectivity index (χ2n) is 11.7. The van der Waals surface area contributed by atoms with Crippen molar-refractivity contribution in [3.63, 3.8) is 0 Å². The van der Waals surface area contributed by atoms with Crippen LogP contribution in [0, 0.1) is 0 Å². The van der Waals surface area contributed by atoms with Crippen LogP contribution in [0.1, 0.15) is 35.2 Å². The van der Waals surface area contributed by atoms with Crippen molar-refractivity contribution >= 4 is 55.8 Å². The van der Waals surface area contributed by atoms with Gasteiger partial charge in [-0.15, -0.1) is 0 Å². The lowest BCUT2D eigenvalue weighted by Crippen LogP contribution is -2.40. The Hall–Kier alpha value is -5.45. The first-order valence-electron chi connectivity index (χ1n) is 16.3. The molecule has 51 heavy (non-hydrogen) atoms. The van der Waals surface area contributed by atoms with Crippen LogP contribution in [0.15, 0.2) is 129 Å². The van der Waals surface area contributed by atoms with Gasteiger partial charge in [0.15, 0.2) is 16.3 Å². The monoisotopic (exact) mass is 760 g/mol. The van der Waals surface area contributed by atoms with Gasteiger partial charge < -0.3 is 18.9 Å². The van der Waals surface area contributed by atoms with E-state index in [-0.39, 0.29) is 17.7 Å². The Morgan fingerprint density at radius 1 is 0.922 bits per heavy atom. The Morgan fingerprint density at radius 3 is 2.47 bits per heavy atom. The molecule has 2 heterocycles. The minimum atomic E-state index is -0.820. The van der Waals surface area contributed by atoms with Crippen molar-refractivity contribution in [2.24, 2.45) is 4.99 Å². The van der Waals surface area contributed by atoms with E-state index < -0.39 is 12.0 Å². The van der Waals surface area contributed by atoms with Crippen molar-refractivity contribution < 1.29 is 23.7 Å². The molecule has 0 unspecified atom stereocenters. The summed E-state index contributed by atoms with van der Waals surface area (Å²) >= 11 is 4.93. The van der Waals surface area contributed by atoms with Crippen molar-refractivity contribution in [2.75, 3.05) is 20.8 Å². The summed E-state index contributed by atoms with van der Waals surface area (Å²) in [5, 5.41) is 2.26. The molecule has 0 saturated carbocycles. The zero-order chi connectivity index (χ0) is 35.5. The zero-order valence-corrected chi connectivity index (χ0v) is 30.5. The average molecular weight is 762 g/mol. The van der Waals surface area contributed by atoms with Crippen LogP contribution in [0.3, 0.4) is 0 Å². The van der Waals surface area contributed by atoms with Crippen LogP contribution < -0.4 is 29.1 Å². The van der Waals surface area contributed by atoms with Gasteiger partial charge >= 0.3 is 5.97 Å². The van der Waals surface area contributed by atoms with Crippen LogP contribution in [0.4, 0.5) is 0 Å². The van der Waals surface area contributed by atoms with Crippen molar-refractivity contribution in [2.45, 2.75) is 19.6 Å². The van der Waals surface area contributed by atoms with E-state index in [1.165, 1.54) is 11.3 Å². The summed E-state index contributed by atoms with van der Waals surface area (Å²) in [5.74, 6) is 1.10. The smallest absolute Gasteiger partial charge is 0.338 e. The lowest BCUT2D eigenvalue weighted by molar-refractivity contribution is -0.138. The third-order valence-corrected chi connectivity index (χ3v) is 10.2. The molecule has 0 spiro atoms. The molecule has 5 aromatic carbocycles. The van der Waals surface area contributed by atoms with E-state index in [1.54, 1.807) is 31.8 Å². The maximum Gasteiger partial charge on any atom is 0.338 e. The van der Waals surface area contributed by atoms with Gasteiger partial charge in [-0.1, -0.05) is 96.3 Å². The molecule has 0 radical (unpaired) electrons. The standard InChI is InChI=1S/C41H33BrN2O6S/c1-4-49-40(46)35-36(27-13-6-5-7-14-27)43-41-44(37(35)28-16-11-18-30(23-28)47-2)39(45)34(51-41)22-25-20-32(42)38(33(21-25)48-3)50-24-29-17-10-15-26-12-8-9-19-31(26)29/h5-23,37H,4,24H2,1-3H3/b34-22-/t37-/m0/s1. The topological polar surface area (TPSA) is 88.4 Å². The fourth-order valence-electron chi connectivity index (χ4n) is 6.25. The fraction of sp³-hybridized carbons (Fsp3) is 0.146. The number of fused-ring (bicyclic) bond motifs is 2. The van der Waals surface area contributed by atoms with Gasteiger partial charge in [-0.05, 0) is 80.7 Å². The summed E-state index contributed by atoms with van der Waals surface area (Å²) in [6, 6.07) is 34.0. The number of ether oxygens (including phenoxy) is 4. The number of methoxy groups -OCH3 is 2. The number of aromatic nitrogens is 1. The highest BCUT2D eigenvalue weighted by Crippen LogP contribution is 2.39. The molecule has 256 valence electrons. The highest BCUT2D eigenvalue weighted by atomic mass is 79.9. The van der Waals surface area contributed by atoms with Crippen molar-refractivity contribution in [3.05, 3.63) is 161 Å². The Bertz CT molecular complexity index is 2480. The average Bonchev–Trinajstić information content (AvgIpc) is 3.47. The predicted molar refractivity (Wildman–Crippen MR) is 203 cm³/mol. The van der Waals surface area contributed by atoms with Crippen LogP contribution >= 0.6 is 27.3 Å². The molecule has 1 aromatic heterocycles. The SMILES string of the molecule is CCOC(=O)C1=C(c2ccccc2)N=c2s/c(=C\c3cc(Br)c(OCc4cccc5ccccc45)c(OC)c3)c(=O)n2[C@H]1c1cccc(OC)c1. The third kappa shape index (κ3) is 6.72. The van der Waals surface area contributed by atoms with E-state index in [0.717, 1.165) is 21.9 Å². The quantitative estimate of drug-likeness (QED) is 0.135. The van der Waals surface area contributed by atoms with Crippen molar-refractivity contribution in [3.8, 4) is 17.2 Å². The number of carbonyl (C=O) groups is 1. The van der Waals surface area contributed by atoms with E-state index >= 15 is 0 Å². The fourth-order valence-corrected chi connectivity index (χ4v) is 7.83. The Morgan fingerprint density at radius 2 is 1.69 bits per heavy atom. The number of hydrogen-bond donors (Lipinski definition) is 0. The second kappa shape index (κ2) is 14.8. The molecule has 0 N–H and O–H groups in total. The van der Waals surface area contributed by atoms with E-state index in [4.69, 9.17) is 23.9 Å². The number of hydrogen-bond acceptors (Lipinski definition) is 8. The maximum absolute atomic E-state index is 14.4. The van der Waals surface area contributed by atoms with Crippen LogP contribution in [-0.4, -0.2) is 31.4 Å². The molecule has 8 nitrogen and oxygen atoms in total. The molecule has 1 atom stereocenters. The molecule has 10 heteroatoms. The minimum absolute atomic E-state index is 0.165. The van der Waals surface area contributed by atoms with Crippen LogP contribution in [0.25, 0.3) is 22.5 Å². The second-order valence-corrected chi connectivity index (χ2v) is 13.5. The van der Waals surface area contributed by atoms with Gasteiger partial charge in [0.2, 0.25) is 0 Å². The molecule has 6 aromatic rings. The first-order chi connectivity index (χ1) is 24.9. The molecule has 0 amide bonds. The normalized spacial score (nSPS) is 14.2. The number of esters is 1. The lowest BCUT2D eigenvalue weighted by Gasteiger charge is -2.26. The number of nitrogens with zero attached hydrogens (tertiary/aromatic N) is 2. The first-order valence-corrected chi connectivity index (χ1v) is 17.9. The molecule has 1 aliphatic heterocycles. The van der Waals surface area contributed by atoms with E-state index in [2.05, 4.69) is 34.1 Å². The van der Waals surface area contributed by atoms with Crippen molar-refractivity contribution in [1.29, 1.82) is 0 Å². The van der Waals surface area contributed by atoms with Gasteiger partial charge in [-0.2, -0.15) is 0 Å². The van der Waals surface area contributed by atoms with Gasteiger partial charge in [0.1, 0.15) is 12.4 Å². The summed E-state index contributed by atoms with van der Waals surface area (Å²) in [4.78, 5) is 33.6. The number of halogens is 1. The first kappa shape index (κ1) is 34.0. The van der Waals surface area contributed by atoms with Gasteiger partial charge in [0.25, 0.3) is 5.56 Å². The molecule has 0 fully saturated rings. The Kier molecular flexibility index (Phi) is 9.87. The molecular formula is C41H33BrN2O6S. The molecule has 0 aliphatic carbocycles. The summed E-state index contributed by atoms with van der Waals surface area (Å²) in [6.45, 7) is 2.26. The van der Waals surface area contributed by atoms with Gasteiger partial charge in [0.05, 0.1) is 47.1 Å². The summed E-state index contributed by atoms with van der Waals surface area (Å²) in [7, 11) is 3.16. The van der Waals surface area contributed by atoms with E-state index in [9.17, 15) is 9.59 Å². The van der Waals surface area contributed by atoms with Crippen LogP contribution in [0.2, 0.25) is 0 Å². The Labute approximate surface area is 306 Å². The third-order valence-electron chi connectivity index (χ3n) is 8.58. The molecule has 0 bridgehead atoms. The number of carbonyl (C=O) groups excluding carboxylic acids is 1. The van der Waals surface area contributed by atoms with Crippen molar-refractivity contribution in [1.82, 2.24) is 4.57 Å². The highest BCUT2D eigenvalue weighted by Gasteiger charge is 2.35. The van der Waals surface area contributed by atoms with Gasteiger partial charge in [0, 0.05) is 5.56 Å². The molecular weight excluding hydrogens is 728 g/mol. The van der Waals surface area contributed by atoms with Gasteiger partial charge in [-0.3, -0.25) is 9.36 Å².